The van der Waals surface area contributed by atoms with Gasteiger partial charge in [0.15, 0.2) is 0 Å². The van der Waals surface area contributed by atoms with Gasteiger partial charge in [-0.2, -0.15) is 0 Å². The number of nitrogens with zero attached hydrogens (tertiary/aromatic N) is 4. The number of hydrogen-bond donors (Lipinski definition) is 6. The van der Waals surface area contributed by atoms with Crippen LogP contribution in [0.15, 0.2) is 84.9 Å². The van der Waals surface area contributed by atoms with Crippen molar-refractivity contribution < 1.29 is 33.6 Å². The van der Waals surface area contributed by atoms with Crippen LogP contribution in [0.1, 0.15) is 113 Å². The Kier molecular flexibility index (Phi) is 15.5. The highest BCUT2D eigenvalue weighted by molar-refractivity contribution is 5.96. The van der Waals surface area contributed by atoms with Crippen LogP contribution >= 0.6 is 0 Å². The summed E-state index contributed by atoms with van der Waals surface area (Å²) in [5, 5.41) is 18.3. The molecular weight excluding hydrogens is 901 g/mol. The average molecular weight is 971 g/mol. The zero-order chi connectivity index (χ0) is 49.6. The number of urea groups is 2. The van der Waals surface area contributed by atoms with E-state index in [0.717, 1.165) is 38.5 Å². The molecule has 0 aromatic heterocycles. The fourth-order valence-corrected chi connectivity index (χ4v) is 12.2. The molecule has 9 rings (SSSR count). The number of fused-ring (bicyclic) bond motifs is 2. The van der Waals surface area contributed by atoms with Crippen LogP contribution in [0.5, 0.6) is 0 Å². The zero-order valence-corrected chi connectivity index (χ0v) is 41.0. The lowest BCUT2D eigenvalue weighted by Crippen LogP contribution is -2.62. The predicted molar refractivity (Wildman–Crippen MR) is 269 cm³/mol. The number of anilines is 2. The molecule has 17 heteroatoms. The third kappa shape index (κ3) is 11.2. The molecule has 71 heavy (non-hydrogen) atoms. The van der Waals surface area contributed by atoms with Gasteiger partial charge in [0, 0.05) is 73.4 Å². The van der Waals surface area contributed by atoms with E-state index in [2.05, 4.69) is 56.2 Å². The highest BCUT2D eigenvalue weighted by Gasteiger charge is 2.47. The van der Waals surface area contributed by atoms with Crippen molar-refractivity contribution in [1.29, 1.82) is 0 Å². The Hall–Kier alpha value is -6.49. The minimum absolute atomic E-state index is 0.0351. The van der Waals surface area contributed by atoms with E-state index in [4.69, 9.17) is 0 Å². The zero-order valence-electron chi connectivity index (χ0n) is 41.0. The van der Waals surface area contributed by atoms with Crippen LogP contribution in [-0.4, -0.2) is 143 Å². The van der Waals surface area contributed by atoms with E-state index < -0.39 is 36.1 Å². The predicted octanol–water partition coefficient (Wildman–Crippen LogP) is 5.27. The van der Waals surface area contributed by atoms with E-state index in [0.29, 0.717) is 56.4 Å². The first kappa shape index (κ1) is 49.5. The molecule has 0 bridgehead atoms. The van der Waals surface area contributed by atoms with Crippen molar-refractivity contribution in [3.05, 3.63) is 96.1 Å². The molecule has 10 atom stereocenters. The number of amides is 9. The quantitative estimate of drug-likeness (QED) is 0.149. The van der Waals surface area contributed by atoms with Crippen LogP contribution in [0.4, 0.5) is 21.0 Å². The first-order valence-corrected chi connectivity index (χ1v) is 26.0. The minimum Gasteiger partial charge on any atom is -0.351 e. The Balaban J connectivity index is 0.784. The lowest BCUT2D eigenvalue weighted by atomic mass is 9.94. The Morgan fingerprint density at radius 3 is 1.58 bits per heavy atom. The van der Waals surface area contributed by atoms with E-state index in [9.17, 15) is 33.6 Å². The van der Waals surface area contributed by atoms with Crippen LogP contribution in [-0.2, 0) is 24.0 Å². The van der Waals surface area contributed by atoms with Gasteiger partial charge in [-0.3, -0.25) is 24.0 Å². The Morgan fingerprint density at radius 2 is 1.04 bits per heavy atom. The van der Waals surface area contributed by atoms with Crippen LogP contribution < -0.4 is 31.9 Å². The summed E-state index contributed by atoms with van der Waals surface area (Å²) in [4.78, 5) is 104. The van der Waals surface area contributed by atoms with Crippen molar-refractivity contribution >= 4 is 53.0 Å². The fourth-order valence-electron chi connectivity index (χ4n) is 12.2. The molecule has 2 aliphatic carbocycles. The number of carbonyl (C=O) groups is 7. The smallest absolute Gasteiger partial charge is 0.321 e. The number of benzene rings is 3. The maximum absolute atomic E-state index is 14.5. The number of rotatable bonds is 11. The van der Waals surface area contributed by atoms with Gasteiger partial charge < -0.3 is 51.5 Å². The van der Waals surface area contributed by atoms with Gasteiger partial charge in [0.25, 0.3) is 0 Å². The molecule has 6 aliphatic rings. The molecule has 9 amide bonds. The van der Waals surface area contributed by atoms with Gasteiger partial charge in [0.05, 0.1) is 12.6 Å². The van der Waals surface area contributed by atoms with Gasteiger partial charge in [-0.1, -0.05) is 73.5 Å². The van der Waals surface area contributed by atoms with Gasteiger partial charge in [-0.15, -0.1) is 0 Å². The standard InChI is InChI=1S/C54H70N10O7/c1-34(55-2)49(66)60-45-33-62(31-28-40-24-26-47(64(40)52(45)69)51(68)59-44-18-10-16-42(44)36-13-7-4-8-14-36)54(71)57-38-21-19-37(20-22-38)56-53(70)61-30-27-39-23-25-46(63(39)48(65)29-32-61)50(67)58-43-17-9-15-41(43)35-11-5-3-6-12-35/h3-8,11-14,19-22,34,39-47,55H,9-10,15-18,23-33H2,1-2H3,(H,56,70)(H,57,71)(H,58,67)(H,59,68)(H,60,66)/t34-,39+,40+,41+,42+,43-,44-,45-,46-,47-/m0/s1. The Labute approximate surface area is 416 Å². The summed E-state index contributed by atoms with van der Waals surface area (Å²) >= 11 is 0. The molecule has 6 fully saturated rings. The maximum atomic E-state index is 14.5. The summed E-state index contributed by atoms with van der Waals surface area (Å²) in [5.74, 6) is -0.702. The second-order valence-electron chi connectivity index (χ2n) is 20.4. The molecular formula is C54H70N10O7. The van der Waals surface area contributed by atoms with E-state index >= 15 is 0 Å². The van der Waals surface area contributed by atoms with Gasteiger partial charge in [0.1, 0.15) is 18.1 Å². The van der Waals surface area contributed by atoms with E-state index in [1.807, 2.05) is 36.4 Å². The monoisotopic (exact) mass is 971 g/mol. The van der Waals surface area contributed by atoms with Gasteiger partial charge in [-0.25, -0.2) is 9.59 Å². The van der Waals surface area contributed by atoms with Gasteiger partial charge in [-0.05, 0) is 114 Å². The molecule has 0 spiro atoms. The molecule has 3 aromatic carbocycles. The molecule has 4 heterocycles. The summed E-state index contributed by atoms with van der Waals surface area (Å²) < 4.78 is 0. The van der Waals surface area contributed by atoms with Gasteiger partial charge >= 0.3 is 12.1 Å². The molecule has 17 nitrogen and oxygen atoms in total. The Morgan fingerprint density at radius 1 is 0.549 bits per heavy atom. The molecule has 4 saturated heterocycles. The van der Waals surface area contributed by atoms with Crippen LogP contribution in [0.25, 0.3) is 0 Å². The van der Waals surface area contributed by atoms with Crippen molar-refractivity contribution in [1.82, 2.24) is 40.9 Å². The van der Waals surface area contributed by atoms with E-state index in [1.54, 1.807) is 52.9 Å². The summed E-state index contributed by atoms with van der Waals surface area (Å²) in [6, 6.07) is 23.1. The summed E-state index contributed by atoms with van der Waals surface area (Å²) in [6.07, 6.45) is 9.34. The number of hydrogen-bond acceptors (Lipinski definition) is 8. The fraction of sp³-hybridized carbons (Fsp3) is 0.537. The van der Waals surface area contributed by atoms with Crippen LogP contribution in [0, 0.1) is 0 Å². The topological polar surface area (TPSA) is 205 Å². The second-order valence-corrected chi connectivity index (χ2v) is 20.4. The molecule has 2 saturated carbocycles. The summed E-state index contributed by atoms with van der Waals surface area (Å²) in [7, 11) is 1.65. The van der Waals surface area contributed by atoms with Crippen LogP contribution in [0.3, 0.4) is 0 Å². The number of nitrogens with one attached hydrogen (secondary N) is 6. The first-order chi connectivity index (χ1) is 34.4. The van der Waals surface area contributed by atoms with Crippen molar-refractivity contribution in [2.75, 3.05) is 43.9 Å². The number of likely N-dealkylation sites (N-methyl/N-ethyl adjacent to an activating group) is 1. The summed E-state index contributed by atoms with van der Waals surface area (Å²) in [5.41, 5.74) is 3.39. The van der Waals surface area contributed by atoms with Crippen molar-refractivity contribution in [3.63, 3.8) is 0 Å². The molecule has 378 valence electrons. The van der Waals surface area contributed by atoms with Crippen molar-refractivity contribution in [3.8, 4) is 0 Å². The second kappa shape index (κ2) is 22.3. The first-order valence-electron chi connectivity index (χ1n) is 26.0. The third-order valence-corrected chi connectivity index (χ3v) is 16.2. The molecule has 0 radical (unpaired) electrons. The highest BCUT2D eigenvalue weighted by Crippen LogP contribution is 2.38. The number of carbonyl (C=O) groups excluding carboxylic acids is 7. The van der Waals surface area contributed by atoms with E-state index in [-0.39, 0.29) is 91.7 Å². The SMILES string of the molecule is CN[C@@H](C)C(=O)N[C@H]1CN(C(=O)Nc2ccc(NC(=O)N3CCC(=O)N4[C@H](CC[C@H]4C(=O)N[C@H]4CCC[C@@H]4c4ccccc4)CC3)cc2)CC[C@H]2CC[C@@H](C(=O)N[C@H]3CCC[C@@H]3c3ccccc3)N2C1=O. The van der Waals surface area contributed by atoms with E-state index in [1.165, 1.54) is 16.0 Å². The highest BCUT2D eigenvalue weighted by atomic mass is 16.2. The van der Waals surface area contributed by atoms with Crippen molar-refractivity contribution in [2.45, 2.75) is 151 Å². The Bertz CT molecular complexity index is 2410. The third-order valence-electron chi connectivity index (χ3n) is 16.2. The lowest BCUT2D eigenvalue weighted by Gasteiger charge is -2.39. The summed E-state index contributed by atoms with van der Waals surface area (Å²) in [6.45, 7) is 2.52. The molecule has 4 aliphatic heterocycles. The average Bonchev–Trinajstić information content (AvgIpc) is 4.21. The van der Waals surface area contributed by atoms with Gasteiger partial charge in [0.2, 0.25) is 29.5 Å². The lowest BCUT2D eigenvalue weighted by molar-refractivity contribution is -0.145. The maximum Gasteiger partial charge on any atom is 0.321 e. The minimum atomic E-state index is -1.09. The largest absolute Gasteiger partial charge is 0.351 e. The van der Waals surface area contributed by atoms with Crippen molar-refractivity contribution in [2.24, 2.45) is 0 Å². The normalized spacial score (nSPS) is 28.1. The van der Waals surface area contributed by atoms with Crippen LogP contribution in [0.2, 0.25) is 0 Å². The molecule has 6 N–H and O–H groups in total. The molecule has 0 unspecified atom stereocenters. The molecule has 3 aromatic rings.